The molecule has 3 nitrogen and oxygen atoms in total. The molecule has 1 aliphatic heterocycles. The quantitative estimate of drug-likeness (QED) is 0.797. The van der Waals surface area contributed by atoms with E-state index in [9.17, 15) is 4.79 Å². The molecular weight excluding hydrogens is 188 g/mol. The standard InChI is InChI=1S/C12H16N2O/c1-14(11-7-8-13-12(11)15)9-10-5-3-2-4-6-10/h2-6,11H,7-9H2,1H3,(H,13,15). The first-order chi connectivity index (χ1) is 7.27. The number of carbonyl (C=O) groups excluding carboxylic acids is 1. The van der Waals surface area contributed by atoms with Crippen molar-refractivity contribution in [2.75, 3.05) is 13.6 Å². The Balaban J connectivity index is 1.97. The lowest BCUT2D eigenvalue weighted by atomic mass is 10.1. The zero-order valence-corrected chi connectivity index (χ0v) is 8.94. The molecular formula is C12H16N2O. The third-order valence-electron chi connectivity index (χ3n) is 2.83. The summed E-state index contributed by atoms with van der Waals surface area (Å²) in [6, 6.07) is 10.3. The van der Waals surface area contributed by atoms with Crippen LogP contribution in [0.5, 0.6) is 0 Å². The van der Waals surface area contributed by atoms with Crippen LogP contribution in [0.15, 0.2) is 30.3 Å². The predicted molar refractivity (Wildman–Crippen MR) is 59.3 cm³/mol. The zero-order chi connectivity index (χ0) is 10.7. The molecule has 1 N–H and O–H groups in total. The van der Waals surface area contributed by atoms with Gasteiger partial charge in [0, 0.05) is 13.1 Å². The number of nitrogens with zero attached hydrogens (tertiary/aromatic N) is 1. The van der Waals surface area contributed by atoms with Crippen molar-refractivity contribution in [2.24, 2.45) is 0 Å². The summed E-state index contributed by atoms with van der Waals surface area (Å²) in [7, 11) is 2.00. The molecule has 1 aliphatic rings. The molecule has 1 fully saturated rings. The fraction of sp³-hybridized carbons (Fsp3) is 0.417. The second kappa shape index (κ2) is 4.45. The Morgan fingerprint density at radius 3 is 2.73 bits per heavy atom. The number of hydrogen-bond acceptors (Lipinski definition) is 2. The molecule has 0 aliphatic carbocycles. The maximum atomic E-state index is 11.5. The highest BCUT2D eigenvalue weighted by Gasteiger charge is 2.27. The van der Waals surface area contributed by atoms with Gasteiger partial charge in [0.2, 0.25) is 5.91 Å². The Bertz CT molecular complexity index is 337. The smallest absolute Gasteiger partial charge is 0.237 e. The van der Waals surface area contributed by atoms with Crippen molar-refractivity contribution in [3.05, 3.63) is 35.9 Å². The highest BCUT2D eigenvalue weighted by molar-refractivity contribution is 5.83. The normalized spacial score (nSPS) is 20.7. The summed E-state index contributed by atoms with van der Waals surface area (Å²) in [6.07, 6.45) is 0.919. The molecule has 1 unspecified atom stereocenters. The maximum absolute atomic E-state index is 11.5. The van der Waals surface area contributed by atoms with Crippen LogP contribution in [0.25, 0.3) is 0 Å². The van der Waals surface area contributed by atoms with Gasteiger partial charge in [-0.2, -0.15) is 0 Å². The topological polar surface area (TPSA) is 32.3 Å². The molecule has 1 atom stereocenters. The van der Waals surface area contributed by atoms with Gasteiger partial charge >= 0.3 is 0 Å². The molecule has 0 radical (unpaired) electrons. The lowest BCUT2D eigenvalue weighted by Gasteiger charge is -2.21. The third-order valence-corrected chi connectivity index (χ3v) is 2.83. The van der Waals surface area contributed by atoms with Crippen LogP contribution in [0.3, 0.4) is 0 Å². The summed E-state index contributed by atoms with van der Waals surface area (Å²) in [6.45, 7) is 1.64. The number of benzene rings is 1. The minimum absolute atomic E-state index is 0.0465. The molecule has 0 saturated carbocycles. The van der Waals surface area contributed by atoms with Crippen LogP contribution in [0, 0.1) is 0 Å². The number of rotatable bonds is 3. The molecule has 0 aromatic heterocycles. The summed E-state index contributed by atoms with van der Waals surface area (Å²) in [5.74, 6) is 0.161. The van der Waals surface area contributed by atoms with Crippen molar-refractivity contribution in [3.8, 4) is 0 Å². The molecule has 0 bridgehead atoms. The lowest BCUT2D eigenvalue weighted by Crippen LogP contribution is -2.37. The molecule has 15 heavy (non-hydrogen) atoms. The van der Waals surface area contributed by atoms with E-state index in [-0.39, 0.29) is 11.9 Å². The average molecular weight is 204 g/mol. The van der Waals surface area contributed by atoms with Gasteiger partial charge < -0.3 is 5.32 Å². The van der Waals surface area contributed by atoms with Crippen LogP contribution >= 0.6 is 0 Å². The van der Waals surface area contributed by atoms with Crippen molar-refractivity contribution >= 4 is 5.91 Å². The Morgan fingerprint density at radius 1 is 1.40 bits per heavy atom. The van der Waals surface area contributed by atoms with Gasteiger partial charge in [0.25, 0.3) is 0 Å². The molecule has 80 valence electrons. The first kappa shape index (κ1) is 10.2. The van der Waals surface area contributed by atoms with Crippen LogP contribution in [-0.4, -0.2) is 30.4 Å². The van der Waals surface area contributed by atoms with Gasteiger partial charge in [-0.3, -0.25) is 9.69 Å². The summed E-state index contributed by atoms with van der Waals surface area (Å²) in [5.41, 5.74) is 1.25. The summed E-state index contributed by atoms with van der Waals surface area (Å²) >= 11 is 0. The van der Waals surface area contributed by atoms with E-state index in [1.54, 1.807) is 0 Å². The molecule has 1 heterocycles. The van der Waals surface area contributed by atoms with E-state index in [1.165, 1.54) is 5.56 Å². The Kier molecular flexibility index (Phi) is 3.02. The Labute approximate surface area is 90.1 Å². The Hall–Kier alpha value is -1.35. The second-order valence-corrected chi connectivity index (χ2v) is 4.00. The van der Waals surface area contributed by atoms with Crippen molar-refractivity contribution < 1.29 is 4.79 Å². The summed E-state index contributed by atoms with van der Waals surface area (Å²) < 4.78 is 0. The number of nitrogens with one attached hydrogen (secondary N) is 1. The van der Waals surface area contributed by atoms with Crippen molar-refractivity contribution in [1.82, 2.24) is 10.2 Å². The summed E-state index contributed by atoms with van der Waals surface area (Å²) in [4.78, 5) is 13.6. The molecule has 0 spiro atoms. The highest BCUT2D eigenvalue weighted by atomic mass is 16.2. The van der Waals surface area contributed by atoms with E-state index in [4.69, 9.17) is 0 Å². The van der Waals surface area contributed by atoms with E-state index in [0.717, 1.165) is 19.5 Å². The second-order valence-electron chi connectivity index (χ2n) is 4.00. The maximum Gasteiger partial charge on any atom is 0.237 e. The zero-order valence-electron chi connectivity index (χ0n) is 8.94. The van der Waals surface area contributed by atoms with Gasteiger partial charge in [0.1, 0.15) is 0 Å². The van der Waals surface area contributed by atoms with E-state index in [0.29, 0.717) is 0 Å². The van der Waals surface area contributed by atoms with Gasteiger partial charge in [-0.15, -0.1) is 0 Å². The van der Waals surface area contributed by atoms with Crippen LogP contribution in [0.1, 0.15) is 12.0 Å². The number of carbonyl (C=O) groups is 1. The fourth-order valence-corrected chi connectivity index (χ4v) is 1.98. The van der Waals surface area contributed by atoms with Gasteiger partial charge in [-0.05, 0) is 19.0 Å². The molecule has 1 amide bonds. The molecule has 1 aromatic carbocycles. The van der Waals surface area contributed by atoms with Crippen LogP contribution < -0.4 is 5.32 Å². The van der Waals surface area contributed by atoms with E-state index in [2.05, 4.69) is 22.3 Å². The molecule has 1 aromatic rings. The SMILES string of the molecule is CN(Cc1ccccc1)C1CCNC1=O. The van der Waals surface area contributed by atoms with Gasteiger partial charge in [-0.25, -0.2) is 0 Å². The molecule has 3 heteroatoms. The lowest BCUT2D eigenvalue weighted by molar-refractivity contribution is -0.123. The van der Waals surface area contributed by atoms with E-state index < -0.39 is 0 Å². The minimum Gasteiger partial charge on any atom is -0.355 e. The molecule has 2 rings (SSSR count). The highest BCUT2D eigenvalue weighted by Crippen LogP contribution is 2.11. The minimum atomic E-state index is 0.0465. The first-order valence-corrected chi connectivity index (χ1v) is 5.29. The first-order valence-electron chi connectivity index (χ1n) is 5.29. The number of hydrogen-bond donors (Lipinski definition) is 1. The van der Waals surface area contributed by atoms with Gasteiger partial charge in [0.05, 0.1) is 6.04 Å². The van der Waals surface area contributed by atoms with Crippen molar-refractivity contribution in [2.45, 2.75) is 19.0 Å². The third kappa shape index (κ3) is 2.36. The fourth-order valence-electron chi connectivity index (χ4n) is 1.98. The summed E-state index contributed by atoms with van der Waals surface area (Å²) in [5, 5.41) is 2.86. The van der Waals surface area contributed by atoms with Crippen LogP contribution in [-0.2, 0) is 11.3 Å². The number of amides is 1. The van der Waals surface area contributed by atoms with Crippen LogP contribution in [0.2, 0.25) is 0 Å². The van der Waals surface area contributed by atoms with Crippen molar-refractivity contribution in [3.63, 3.8) is 0 Å². The van der Waals surface area contributed by atoms with Gasteiger partial charge in [0.15, 0.2) is 0 Å². The monoisotopic (exact) mass is 204 g/mol. The van der Waals surface area contributed by atoms with E-state index in [1.807, 2.05) is 25.2 Å². The van der Waals surface area contributed by atoms with Crippen LogP contribution in [0.4, 0.5) is 0 Å². The van der Waals surface area contributed by atoms with Crippen molar-refractivity contribution in [1.29, 1.82) is 0 Å². The largest absolute Gasteiger partial charge is 0.355 e. The number of likely N-dealkylation sites (N-methyl/N-ethyl adjacent to an activating group) is 1. The van der Waals surface area contributed by atoms with Gasteiger partial charge in [-0.1, -0.05) is 30.3 Å². The Morgan fingerprint density at radius 2 is 2.13 bits per heavy atom. The average Bonchev–Trinajstić information content (AvgIpc) is 2.66. The predicted octanol–water partition coefficient (Wildman–Crippen LogP) is 1.01. The van der Waals surface area contributed by atoms with E-state index >= 15 is 0 Å². The molecule has 1 saturated heterocycles.